The van der Waals surface area contributed by atoms with Gasteiger partial charge in [0.05, 0.1) is 18.8 Å². The molecule has 1 heterocycles. The SMILES string of the molecule is [2H]OC[C@H]1OC(C)[C@H](C)[C@@H](O[B])[C@@H]1OC. The van der Waals surface area contributed by atoms with E-state index in [1.807, 2.05) is 13.8 Å². The Morgan fingerprint density at radius 1 is 1.50 bits per heavy atom. The largest absolute Gasteiger partial charge is 0.442 e. The highest BCUT2D eigenvalue weighted by molar-refractivity contribution is 5.98. The smallest absolute Gasteiger partial charge is 0.283 e. The number of hydrogen-bond acceptors (Lipinski definition) is 4. The standard InChI is InChI=1S/C9H17BO4/c1-5-6(2)13-7(4-11)9(12-3)8(5)14-10/h5-9,11H,4H2,1-3H3/t5-,6?,7+,8+,9+/m0/s1/i11D. The minimum absolute atomic E-state index is 0.00472. The van der Waals surface area contributed by atoms with Gasteiger partial charge in [-0.3, -0.25) is 0 Å². The molecule has 1 fully saturated rings. The van der Waals surface area contributed by atoms with Crippen molar-refractivity contribution < 1.29 is 19.2 Å². The Bertz CT molecular complexity index is 195. The van der Waals surface area contributed by atoms with E-state index in [0.717, 1.165) is 0 Å². The minimum Gasteiger partial charge on any atom is -0.442 e. The molecule has 5 atom stereocenters. The van der Waals surface area contributed by atoms with Crippen LogP contribution in [0, 0.1) is 5.92 Å². The van der Waals surface area contributed by atoms with Crippen LogP contribution in [0.3, 0.4) is 0 Å². The molecule has 14 heavy (non-hydrogen) atoms. The van der Waals surface area contributed by atoms with E-state index in [2.05, 4.69) is 5.11 Å². The summed E-state index contributed by atoms with van der Waals surface area (Å²) >= 11 is 0. The summed E-state index contributed by atoms with van der Waals surface area (Å²) in [6.07, 6.45) is -0.845. The third-order valence-corrected chi connectivity index (χ3v) is 2.93. The molecule has 0 aromatic heterocycles. The molecule has 0 aliphatic carbocycles. The van der Waals surface area contributed by atoms with Gasteiger partial charge in [-0.1, -0.05) is 6.92 Å². The summed E-state index contributed by atoms with van der Waals surface area (Å²) < 4.78 is 22.6. The Labute approximate surface area is 87.5 Å². The third kappa shape index (κ3) is 2.11. The Hall–Kier alpha value is -0.0951. The van der Waals surface area contributed by atoms with Crippen LogP contribution in [-0.4, -0.2) is 52.7 Å². The highest BCUT2D eigenvalue weighted by atomic mass is 16.6. The molecule has 4 nitrogen and oxygen atoms in total. The van der Waals surface area contributed by atoms with Crippen LogP contribution in [0.15, 0.2) is 0 Å². The van der Waals surface area contributed by atoms with Crippen LogP contribution in [0.1, 0.15) is 13.8 Å². The van der Waals surface area contributed by atoms with Crippen molar-refractivity contribution in [2.24, 2.45) is 5.92 Å². The highest BCUT2D eigenvalue weighted by Gasteiger charge is 2.41. The molecule has 1 saturated heterocycles. The van der Waals surface area contributed by atoms with Crippen molar-refractivity contribution in [2.45, 2.75) is 38.3 Å². The average molecular weight is 201 g/mol. The fourth-order valence-electron chi connectivity index (χ4n) is 1.88. The Balaban J connectivity index is 2.73. The zero-order valence-corrected chi connectivity index (χ0v) is 8.80. The van der Waals surface area contributed by atoms with Crippen molar-refractivity contribution in [2.75, 3.05) is 13.7 Å². The van der Waals surface area contributed by atoms with Gasteiger partial charge in [0.1, 0.15) is 12.2 Å². The van der Waals surface area contributed by atoms with Gasteiger partial charge in [0.25, 0.3) is 8.05 Å². The van der Waals surface area contributed by atoms with E-state index in [-0.39, 0.29) is 36.9 Å². The lowest BCUT2D eigenvalue weighted by atomic mass is 9.88. The van der Waals surface area contributed by atoms with Crippen LogP contribution >= 0.6 is 0 Å². The monoisotopic (exact) mass is 201 g/mol. The zero-order chi connectivity index (χ0) is 11.4. The first-order valence-corrected chi connectivity index (χ1v) is 4.77. The molecular formula is C9H17BO4. The Kier molecular flexibility index (Phi) is 3.81. The van der Waals surface area contributed by atoms with E-state index >= 15 is 0 Å². The van der Waals surface area contributed by atoms with Gasteiger partial charge in [-0.15, -0.1) is 0 Å². The highest BCUT2D eigenvalue weighted by Crippen LogP contribution is 2.28. The lowest BCUT2D eigenvalue weighted by molar-refractivity contribution is -0.201. The van der Waals surface area contributed by atoms with Gasteiger partial charge in [-0.2, -0.15) is 0 Å². The minimum atomic E-state index is -0.313. The topological polar surface area (TPSA) is 47.9 Å². The average Bonchev–Trinajstić information content (AvgIpc) is 2.23. The first-order chi connectivity index (χ1) is 7.15. The van der Waals surface area contributed by atoms with E-state index < -0.39 is 0 Å². The van der Waals surface area contributed by atoms with Crippen LogP contribution < -0.4 is 0 Å². The molecule has 0 aromatic rings. The molecule has 0 spiro atoms. The fourth-order valence-corrected chi connectivity index (χ4v) is 1.88. The lowest BCUT2D eigenvalue weighted by Crippen LogP contribution is -2.55. The van der Waals surface area contributed by atoms with Crippen LogP contribution in [0.4, 0.5) is 0 Å². The maximum Gasteiger partial charge on any atom is 0.283 e. The van der Waals surface area contributed by atoms with Gasteiger partial charge < -0.3 is 19.2 Å². The molecule has 1 aliphatic heterocycles. The summed E-state index contributed by atoms with van der Waals surface area (Å²) in [6, 6.07) is 0. The van der Waals surface area contributed by atoms with Gasteiger partial charge in [-0.05, 0) is 6.92 Å². The molecular weight excluding hydrogens is 183 g/mol. The maximum absolute atomic E-state index is 6.74. The van der Waals surface area contributed by atoms with Gasteiger partial charge in [0.15, 0.2) is 0 Å². The first-order valence-electron chi connectivity index (χ1n) is 5.18. The summed E-state index contributed by atoms with van der Waals surface area (Å²) in [5.74, 6) is 0.141. The van der Waals surface area contributed by atoms with E-state index in [9.17, 15) is 0 Å². The number of aliphatic hydroxyl groups is 1. The number of aliphatic hydroxyl groups excluding tert-OH is 1. The van der Waals surface area contributed by atoms with E-state index in [0.29, 0.717) is 0 Å². The van der Waals surface area contributed by atoms with Crippen LogP contribution in [-0.2, 0) is 14.1 Å². The summed E-state index contributed by atoms with van der Waals surface area (Å²) in [5, 5.41) is 4.34. The normalized spacial score (nSPS) is 44.8. The van der Waals surface area contributed by atoms with E-state index in [1.165, 1.54) is 0 Å². The van der Waals surface area contributed by atoms with Crippen molar-refractivity contribution in [3.05, 3.63) is 0 Å². The van der Waals surface area contributed by atoms with Crippen LogP contribution in [0.2, 0.25) is 0 Å². The van der Waals surface area contributed by atoms with Crippen molar-refractivity contribution in [1.29, 1.82) is 1.43 Å². The fraction of sp³-hybridized carbons (Fsp3) is 1.00. The van der Waals surface area contributed by atoms with Gasteiger partial charge in [0.2, 0.25) is 1.43 Å². The third-order valence-electron chi connectivity index (χ3n) is 2.93. The molecule has 2 radical (unpaired) electrons. The number of rotatable bonds is 4. The zero-order valence-electron chi connectivity index (χ0n) is 9.80. The van der Waals surface area contributed by atoms with E-state index in [4.69, 9.17) is 23.6 Å². The van der Waals surface area contributed by atoms with Crippen LogP contribution in [0.25, 0.3) is 0 Å². The van der Waals surface area contributed by atoms with Crippen molar-refractivity contribution >= 4 is 8.05 Å². The number of methoxy groups -OCH3 is 1. The molecule has 1 aliphatic rings. The second-order valence-corrected chi connectivity index (χ2v) is 3.71. The quantitative estimate of drug-likeness (QED) is 0.644. The van der Waals surface area contributed by atoms with Crippen LogP contribution in [0.5, 0.6) is 0 Å². The summed E-state index contributed by atoms with van der Waals surface area (Å²) in [6.45, 7) is 4.08. The summed E-state index contributed by atoms with van der Waals surface area (Å²) in [4.78, 5) is 0. The Morgan fingerprint density at radius 3 is 2.71 bits per heavy atom. The summed E-state index contributed by atoms with van der Waals surface area (Å²) in [7, 11) is 6.83. The number of ether oxygens (including phenoxy) is 2. The van der Waals surface area contributed by atoms with Crippen molar-refractivity contribution in [1.82, 2.24) is 0 Å². The molecule has 1 N–H and O–H groups in total. The molecule has 0 amide bonds. The predicted octanol–water partition coefficient (Wildman–Crippen LogP) is -0.114. The molecule has 0 aromatic carbocycles. The maximum atomic E-state index is 6.74. The molecule has 80 valence electrons. The molecule has 0 bridgehead atoms. The van der Waals surface area contributed by atoms with Gasteiger partial charge in [0, 0.05) is 13.0 Å². The summed E-state index contributed by atoms with van der Waals surface area (Å²) in [5.41, 5.74) is 0. The first kappa shape index (κ1) is 10.4. The van der Waals surface area contributed by atoms with Crippen molar-refractivity contribution in [3.63, 3.8) is 0 Å². The second-order valence-electron chi connectivity index (χ2n) is 3.71. The van der Waals surface area contributed by atoms with Gasteiger partial charge >= 0.3 is 0 Å². The molecule has 1 rings (SSSR count). The molecule has 0 saturated carbocycles. The van der Waals surface area contributed by atoms with Crippen molar-refractivity contribution in [3.8, 4) is 0 Å². The molecule has 1 unspecified atom stereocenters. The lowest BCUT2D eigenvalue weighted by Gasteiger charge is -2.43. The second kappa shape index (κ2) is 5.12. The molecule has 5 heteroatoms. The number of hydrogen-bond donors (Lipinski definition) is 1. The van der Waals surface area contributed by atoms with Gasteiger partial charge in [-0.25, -0.2) is 0 Å². The van der Waals surface area contributed by atoms with E-state index in [1.54, 1.807) is 7.11 Å². The Morgan fingerprint density at radius 2 is 2.21 bits per heavy atom. The predicted molar refractivity (Wildman–Crippen MR) is 52.0 cm³/mol.